The number of hydrogen-bond acceptors (Lipinski definition) is 5. The minimum atomic E-state index is -0.502. The van der Waals surface area contributed by atoms with Crippen molar-refractivity contribution in [2.75, 3.05) is 12.3 Å². The average molecular weight is 336 g/mol. The molecular formula is C14H11NO4Se. The van der Waals surface area contributed by atoms with Gasteiger partial charge in [0.25, 0.3) is 0 Å². The summed E-state index contributed by atoms with van der Waals surface area (Å²) in [5.74, 6) is -0.454. The summed E-state index contributed by atoms with van der Waals surface area (Å²) in [4.78, 5) is 23.9. The van der Waals surface area contributed by atoms with E-state index in [0.29, 0.717) is 15.4 Å². The quantitative estimate of drug-likeness (QED) is 0.438. The molecule has 0 fully saturated rings. The Bertz CT molecular complexity index is 878. The molecule has 0 aliphatic carbocycles. The molecule has 0 saturated carbocycles. The normalized spacial score (nSPS) is 11.1. The van der Waals surface area contributed by atoms with Crippen LogP contribution in [0.2, 0.25) is 0 Å². The Labute approximate surface area is 119 Å². The predicted molar refractivity (Wildman–Crippen MR) is 77.3 cm³/mol. The fourth-order valence-electron chi connectivity index (χ4n) is 2.08. The summed E-state index contributed by atoms with van der Waals surface area (Å²) in [6, 6.07) is 7.24. The molecule has 20 heavy (non-hydrogen) atoms. The first-order chi connectivity index (χ1) is 9.63. The van der Waals surface area contributed by atoms with Crippen LogP contribution in [0.1, 0.15) is 16.2 Å². The summed E-state index contributed by atoms with van der Waals surface area (Å²) in [6.45, 7) is 2.00. The minimum absolute atomic E-state index is 0.193. The number of para-hydroxylation sites is 1. The molecule has 2 aromatic heterocycles. The van der Waals surface area contributed by atoms with Crippen LogP contribution in [0.25, 0.3) is 20.6 Å². The number of nitrogen functional groups attached to an aromatic ring is 1. The van der Waals surface area contributed by atoms with Gasteiger partial charge in [-0.2, -0.15) is 0 Å². The van der Waals surface area contributed by atoms with E-state index in [0.717, 1.165) is 9.65 Å². The van der Waals surface area contributed by atoms with Crippen molar-refractivity contribution in [2.45, 2.75) is 6.92 Å². The molecule has 0 aliphatic rings. The molecule has 2 heterocycles. The van der Waals surface area contributed by atoms with Crippen LogP contribution in [0.4, 0.5) is 5.69 Å². The third-order valence-electron chi connectivity index (χ3n) is 2.94. The van der Waals surface area contributed by atoms with Crippen molar-refractivity contribution in [3.63, 3.8) is 0 Å². The number of fused-ring (bicyclic) bond motifs is 3. The van der Waals surface area contributed by atoms with Crippen molar-refractivity contribution in [2.24, 2.45) is 0 Å². The second-order valence-corrected chi connectivity index (χ2v) is 6.30. The average Bonchev–Trinajstić information content (AvgIpc) is 2.78. The van der Waals surface area contributed by atoms with Crippen molar-refractivity contribution in [3.8, 4) is 0 Å². The molecule has 0 unspecified atom stereocenters. The Morgan fingerprint density at radius 2 is 2.15 bits per heavy atom. The molecule has 0 aliphatic heterocycles. The van der Waals surface area contributed by atoms with Crippen LogP contribution in [0, 0.1) is 0 Å². The molecule has 0 radical (unpaired) electrons. The van der Waals surface area contributed by atoms with Crippen molar-refractivity contribution in [1.82, 2.24) is 0 Å². The van der Waals surface area contributed by atoms with Crippen LogP contribution in [0.5, 0.6) is 0 Å². The zero-order valence-electron chi connectivity index (χ0n) is 10.6. The molecule has 0 atom stereocenters. The van der Waals surface area contributed by atoms with Gasteiger partial charge in [-0.15, -0.1) is 0 Å². The fourth-order valence-corrected chi connectivity index (χ4v) is 4.45. The van der Waals surface area contributed by atoms with Gasteiger partial charge in [-0.1, -0.05) is 0 Å². The van der Waals surface area contributed by atoms with Crippen LogP contribution in [0.3, 0.4) is 0 Å². The number of ether oxygens (including phenoxy) is 1. The number of rotatable bonds is 2. The Kier molecular flexibility index (Phi) is 3.12. The topological polar surface area (TPSA) is 82.5 Å². The number of hydrogen-bond donors (Lipinski definition) is 1. The van der Waals surface area contributed by atoms with Crippen LogP contribution in [0.15, 0.2) is 33.5 Å². The maximum atomic E-state index is 12.0. The van der Waals surface area contributed by atoms with E-state index in [1.807, 2.05) is 12.1 Å². The molecule has 102 valence electrons. The second-order valence-electron chi connectivity index (χ2n) is 4.16. The van der Waals surface area contributed by atoms with E-state index >= 15 is 0 Å². The Balaban J connectivity index is 2.41. The molecule has 0 amide bonds. The van der Waals surface area contributed by atoms with Crippen molar-refractivity contribution >= 4 is 46.8 Å². The molecule has 0 saturated heterocycles. The van der Waals surface area contributed by atoms with Gasteiger partial charge in [0.05, 0.1) is 0 Å². The van der Waals surface area contributed by atoms with Gasteiger partial charge in [0.1, 0.15) is 0 Å². The van der Waals surface area contributed by atoms with Gasteiger partial charge in [0.15, 0.2) is 0 Å². The van der Waals surface area contributed by atoms with Crippen LogP contribution >= 0.6 is 0 Å². The summed E-state index contributed by atoms with van der Waals surface area (Å²) >= 11 is -0.346. The number of esters is 1. The van der Waals surface area contributed by atoms with E-state index in [4.69, 9.17) is 14.9 Å². The molecule has 6 heteroatoms. The van der Waals surface area contributed by atoms with Gasteiger partial charge in [-0.3, -0.25) is 0 Å². The third kappa shape index (κ3) is 1.85. The second kappa shape index (κ2) is 4.81. The summed E-state index contributed by atoms with van der Waals surface area (Å²) in [5, 5.41) is 1.14. The molecule has 5 nitrogen and oxygen atoms in total. The monoisotopic (exact) mass is 337 g/mol. The number of benzene rings is 1. The summed E-state index contributed by atoms with van der Waals surface area (Å²) < 4.78 is 11.4. The van der Waals surface area contributed by atoms with E-state index in [-0.39, 0.29) is 26.8 Å². The van der Waals surface area contributed by atoms with Gasteiger partial charge in [0.2, 0.25) is 0 Å². The van der Waals surface area contributed by atoms with Gasteiger partial charge < -0.3 is 0 Å². The first kappa shape index (κ1) is 13.0. The van der Waals surface area contributed by atoms with Gasteiger partial charge in [-0.05, 0) is 0 Å². The number of nitrogens with two attached hydrogens (primary N) is 1. The zero-order chi connectivity index (χ0) is 14.3. The SMILES string of the molecule is CCOC(=O)c1[se]c2c(c1N)c(=O)oc1ccccc12. The van der Waals surface area contributed by atoms with Gasteiger partial charge >= 0.3 is 119 Å². The van der Waals surface area contributed by atoms with Crippen LogP contribution in [-0.2, 0) is 4.74 Å². The van der Waals surface area contributed by atoms with Crippen molar-refractivity contribution in [1.29, 1.82) is 0 Å². The first-order valence-corrected chi connectivity index (χ1v) is 7.75. The van der Waals surface area contributed by atoms with Gasteiger partial charge in [0, 0.05) is 0 Å². The van der Waals surface area contributed by atoms with E-state index in [2.05, 4.69) is 0 Å². The van der Waals surface area contributed by atoms with Crippen LogP contribution < -0.4 is 11.4 Å². The molecule has 2 N–H and O–H groups in total. The Morgan fingerprint density at radius 3 is 2.90 bits per heavy atom. The Morgan fingerprint density at radius 1 is 1.40 bits per heavy atom. The summed E-state index contributed by atoms with van der Waals surface area (Å²) in [5.41, 5.74) is 6.15. The molecular weight excluding hydrogens is 325 g/mol. The molecule has 3 aromatic rings. The molecule has 0 spiro atoms. The van der Waals surface area contributed by atoms with E-state index in [1.165, 1.54) is 0 Å². The maximum absolute atomic E-state index is 12.0. The number of anilines is 1. The van der Waals surface area contributed by atoms with E-state index < -0.39 is 11.6 Å². The number of carbonyl (C=O) groups excluding carboxylic acids is 1. The van der Waals surface area contributed by atoms with Crippen LogP contribution in [-0.4, -0.2) is 27.1 Å². The number of carbonyl (C=O) groups is 1. The summed E-state index contributed by atoms with van der Waals surface area (Å²) in [6.07, 6.45) is 0. The molecule has 3 rings (SSSR count). The third-order valence-corrected chi connectivity index (χ3v) is 5.50. The van der Waals surface area contributed by atoms with Gasteiger partial charge in [-0.25, -0.2) is 0 Å². The standard InChI is InChI=1S/C14H11NO4Se/c1-2-18-14(17)12-10(15)9-11(20-12)7-5-3-4-6-8(7)19-13(9)16/h3-6H,2,15H2,1H3. The van der Waals surface area contributed by atoms with E-state index in [1.54, 1.807) is 19.1 Å². The van der Waals surface area contributed by atoms with Crippen molar-refractivity contribution in [3.05, 3.63) is 39.1 Å². The fraction of sp³-hybridized carbons (Fsp3) is 0.143. The molecule has 0 bridgehead atoms. The van der Waals surface area contributed by atoms with Crippen molar-refractivity contribution < 1.29 is 13.9 Å². The Hall–Kier alpha value is -2.04. The zero-order valence-corrected chi connectivity index (χ0v) is 12.3. The first-order valence-electron chi connectivity index (χ1n) is 6.04. The summed E-state index contributed by atoms with van der Waals surface area (Å²) in [7, 11) is 0. The predicted octanol–water partition coefficient (Wildman–Crippen LogP) is 1.76. The molecule has 1 aromatic carbocycles. The van der Waals surface area contributed by atoms with E-state index in [9.17, 15) is 9.59 Å².